The minimum Gasteiger partial charge on any atom is -0.352 e. The first-order valence-corrected chi connectivity index (χ1v) is 6.96. The Morgan fingerprint density at radius 1 is 1.33 bits per heavy atom. The van der Waals surface area contributed by atoms with Gasteiger partial charge in [-0.25, -0.2) is 0 Å². The van der Waals surface area contributed by atoms with Gasteiger partial charge in [0.05, 0.1) is 5.56 Å². The van der Waals surface area contributed by atoms with Crippen molar-refractivity contribution in [2.24, 2.45) is 11.7 Å². The van der Waals surface area contributed by atoms with Crippen LogP contribution in [-0.2, 0) is 17.5 Å². The second-order valence-corrected chi connectivity index (χ2v) is 5.20. The van der Waals surface area contributed by atoms with Crippen LogP contribution in [-0.4, -0.2) is 12.5 Å². The van der Waals surface area contributed by atoms with Crippen molar-refractivity contribution in [1.82, 2.24) is 5.32 Å². The molecule has 0 saturated carbocycles. The molecule has 0 bridgehead atoms. The molecule has 0 heterocycles. The topological polar surface area (TPSA) is 55.1 Å². The maximum Gasteiger partial charge on any atom is 0.416 e. The van der Waals surface area contributed by atoms with Crippen molar-refractivity contribution in [2.45, 2.75) is 38.9 Å². The zero-order chi connectivity index (χ0) is 15.9. The van der Waals surface area contributed by atoms with E-state index in [9.17, 15) is 18.0 Å². The van der Waals surface area contributed by atoms with E-state index in [-0.39, 0.29) is 12.5 Å². The number of hydrogen-bond donors (Lipinski definition) is 2. The zero-order valence-corrected chi connectivity index (χ0v) is 12.0. The number of carbonyl (C=O) groups excluding carboxylic acids is 1. The van der Waals surface area contributed by atoms with E-state index in [0.717, 1.165) is 25.0 Å². The Labute approximate surface area is 122 Å². The molecule has 0 spiro atoms. The second kappa shape index (κ2) is 8.02. The minimum atomic E-state index is -4.36. The highest BCUT2D eigenvalue weighted by atomic mass is 19.4. The lowest BCUT2D eigenvalue weighted by Crippen LogP contribution is -2.23. The maximum atomic E-state index is 12.6. The van der Waals surface area contributed by atoms with Gasteiger partial charge >= 0.3 is 6.18 Å². The molecule has 0 fully saturated rings. The fourth-order valence-corrected chi connectivity index (χ4v) is 1.95. The summed E-state index contributed by atoms with van der Waals surface area (Å²) in [5.74, 6) is 0.214. The SMILES string of the molecule is CC(CCN)CCC(=O)NCc1cccc(C(F)(F)F)c1. The minimum absolute atomic E-state index is 0.105. The number of hydrogen-bond acceptors (Lipinski definition) is 2. The highest BCUT2D eigenvalue weighted by molar-refractivity contribution is 5.75. The van der Waals surface area contributed by atoms with Crippen LogP contribution in [0.4, 0.5) is 13.2 Å². The predicted molar refractivity (Wildman–Crippen MR) is 75.4 cm³/mol. The summed E-state index contributed by atoms with van der Waals surface area (Å²) in [5, 5.41) is 2.64. The van der Waals surface area contributed by atoms with Crippen molar-refractivity contribution >= 4 is 5.91 Å². The van der Waals surface area contributed by atoms with Gasteiger partial charge in [0.2, 0.25) is 5.91 Å². The van der Waals surface area contributed by atoms with E-state index in [1.54, 1.807) is 6.07 Å². The number of amides is 1. The molecule has 3 N–H and O–H groups in total. The Morgan fingerprint density at radius 2 is 2.05 bits per heavy atom. The molecule has 21 heavy (non-hydrogen) atoms. The molecule has 3 nitrogen and oxygen atoms in total. The molecule has 0 aliphatic rings. The molecular formula is C15H21F3N2O. The third-order valence-electron chi connectivity index (χ3n) is 3.27. The molecule has 1 aromatic rings. The highest BCUT2D eigenvalue weighted by Gasteiger charge is 2.30. The van der Waals surface area contributed by atoms with Crippen LogP contribution in [0.25, 0.3) is 0 Å². The van der Waals surface area contributed by atoms with E-state index in [1.165, 1.54) is 6.07 Å². The zero-order valence-electron chi connectivity index (χ0n) is 12.0. The van der Waals surface area contributed by atoms with E-state index >= 15 is 0 Å². The summed E-state index contributed by atoms with van der Waals surface area (Å²) < 4.78 is 37.7. The van der Waals surface area contributed by atoms with Gasteiger partial charge in [-0.3, -0.25) is 4.79 Å². The first-order valence-electron chi connectivity index (χ1n) is 6.96. The summed E-state index contributed by atoms with van der Waals surface area (Å²) >= 11 is 0. The van der Waals surface area contributed by atoms with Gasteiger partial charge in [-0.15, -0.1) is 0 Å². The van der Waals surface area contributed by atoms with Gasteiger partial charge in [0.25, 0.3) is 0 Å². The molecule has 0 aromatic heterocycles. The molecule has 118 valence electrons. The van der Waals surface area contributed by atoms with Crippen LogP contribution in [0, 0.1) is 5.92 Å². The quantitative estimate of drug-likeness (QED) is 0.813. The molecule has 1 amide bonds. The Balaban J connectivity index is 2.43. The van der Waals surface area contributed by atoms with E-state index in [2.05, 4.69) is 5.32 Å². The molecule has 1 rings (SSSR count). The summed E-state index contributed by atoms with van der Waals surface area (Å²) in [6.07, 6.45) is -2.41. The van der Waals surface area contributed by atoms with Crippen LogP contribution in [0.3, 0.4) is 0 Å². The van der Waals surface area contributed by atoms with Gasteiger partial charge in [0.15, 0.2) is 0 Å². The molecule has 1 aromatic carbocycles. The van der Waals surface area contributed by atoms with Crippen molar-refractivity contribution in [3.8, 4) is 0 Å². The first-order chi connectivity index (χ1) is 9.82. The lowest BCUT2D eigenvalue weighted by Gasteiger charge is -2.11. The van der Waals surface area contributed by atoms with Gasteiger partial charge in [-0.2, -0.15) is 13.2 Å². The van der Waals surface area contributed by atoms with Crippen LogP contribution in [0.2, 0.25) is 0 Å². The number of carbonyl (C=O) groups is 1. The number of halogens is 3. The molecule has 1 atom stereocenters. The molecule has 0 aliphatic heterocycles. The number of nitrogens with one attached hydrogen (secondary N) is 1. The number of nitrogens with two attached hydrogens (primary N) is 1. The van der Waals surface area contributed by atoms with E-state index in [4.69, 9.17) is 5.73 Å². The molecular weight excluding hydrogens is 281 g/mol. The fraction of sp³-hybridized carbons (Fsp3) is 0.533. The fourth-order valence-electron chi connectivity index (χ4n) is 1.95. The second-order valence-electron chi connectivity index (χ2n) is 5.20. The van der Waals surface area contributed by atoms with Crippen LogP contribution >= 0.6 is 0 Å². The van der Waals surface area contributed by atoms with Gasteiger partial charge in [0, 0.05) is 13.0 Å². The summed E-state index contributed by atoms with van der Waals surface area (Å²) in [6.45, 7) is 2.72. The predicted octanol–water partition coefficient (Wildman–Crippen LogP) is 3.09. The van der Waals surface area contributed by atoms with Crippen molar-refractivity contribution in [3.05, 3.63) is 35.4 Å². The van der Waals surface area contributed by atoms with Crippen LogP contribution in [0.5, 0.6) is 0 Å². The first kappa shape index (κ1) is 17.5. The Morgan fingerprint density at radius 3 is 2.67 bits per heavy atom. The molecule has 1 unspecified atom stereocenters. The Hall–Kier alpha value is -1.56. The van der Waals surface area contributed by atoms with Gasteiger partial charge in [0.1, 0.15) is 0 Å². The smallest absolute Gasteiger partial charge is 0.352 e. The lowest BCUT2D eigenvalue weighted by molar-refractivity contribution is -0.137. The van der Waals surface area contributed by atoms with Gasteiger partial charge < -0.3 is 11.1 Å². The van der Waals surface area contributed by atoms with Crippen LogP contribution in [0.15, 0.2) is 24.3 Å². The summed E-state index contributed by atoms with van der Waals surface area (Å²) in [4.78, 5) is 11.6. The van der Waals surface area contributed by atoms with Crippen molar-refractivity contribution in [3.63, 3.8) is 0 Å². The van der Waals surface area contributed by atoms with E-state index < -0.39 is 11.7 Å². The largest absolute Gasteiger partial charge is 0.416 e. The van der Waals surface area contributed by atoms with Gasteiger partial charge in [-0.1, -0.05) is 19.1 Å². The van der Waals surface area contributed by atoms with Crippen molar-refractivity contribution in [2.75, 3.05) is 6.54 Å². The third kappa shape index (κ3) is 6.62. The summed E-state index contributed by atoms with van der Waals surface area (Å²) in [7, 11) is 0. The highest BCUT2D eigenvalue weighted by Crippen LogP contribution is 2.29. The van der Waals surface area contributed by atoms with E-state index in [1.807, 2.05) is 6.92 Å². The third-order valence-corrected chi connectivity index (χ3v) is 3.27. The molecule has 6 heteroatoms. The normalized spacial score (nSPS) is 13.0. The Bertz CT molecular complexity index is 460. The summed E-state index contributed by atoms with van der Waals surface area (Å²) in [5.41, 5.74) is 5.16. The Kier molecular flexibility index (Phi) is 6.68. The molecule has 0 radical (unpaired) electrons. The van der Waals surface area contributed by atoms with Crippen molar-refractivity contribution in [1.29, 1.82) is 0 Å². The van der Waals surface area contributed by atoms with Crippen LogP contribution < -0.4 is 11.1 Å². The average Bonchev–Trinajstić information content (AvgIpc) is 2.42. The standard InChI is InChI=1S/C15H21F3N2O/c1-11(7-8-19)5-6-14(21)20-10-12-3-2-4-13(9-12)15(16,17)18/h2-4,9,11H,5-8,10,19H2,1H3,(H,20,21). The monoisotopic (exact) mass is 302 g/mol. The van der Waals surface area contributed by atoms with E-state index in [0.29, 0.717) is 24.4 Å². The summed E-state index contributed by atoms with van der Waals surface area (Å²) in [6, 6.07) is 4.97. The molecule has 0 saturated heterocycles. The van der Waals surface area contributed by atoms with Crippen molar-refractivity contribution < 1.29 is 18.0 Å². The number of alkyl halides is 3. The maximum absolute atomic E-state index is 12.6. The average molecular weight is 302 g/mol. The number of rotatable bonds is 7. The van der Waals surface area contributed by atoms with Crippen LogP contribution in [0.1, 0.15) is 37.3 Å². The molecule has 0 aliphatic carbocycles. The number of benzene rings is 1. The lowest BCUT2D eigenvalue weighted by atomic mass is 10.0. The van der Waals surface area contributed by atoms with Gasteiger partial charge in [-0.05, 0) is 43.0 Å².